The number of hydrogen-bond acceptors (Lipinski definition) is 6. The number of benzene rings is 2. The van der Waals surface area contributed by atoms with Crippen molar-refractivity contribution in [1.29, 1.82) is 0 Å². The molecule has 0 bridgehead atoms. The van der Waals surface area contributed by atoms with Gasteiger partial charge in [-0.05, 0) is 74.4 Å². The summed E-state index contributed by atoms with van der Waals surface area (Å²) >= 11 is 0. The Kier molecular flexibility index (Phi) is 8.67. The first-order valence-electron chi connectivity index (χ1n) is 10.9. The fourth-order valence-corrected chi connectivity index (χ4v) is 3.96. The first kappa shape index (κ1) is 25.3. The second-order valence-corrected chi connectivity index (χ2v) is 9.32. The first-order chi connectivity index (χ1) is 16.3. The number of aliphatic hydroxyl groups excluding tert-OH is 1. The minimum Gasteiger partial charge on any atom is -0.488 e. The molecule has 0 spiro atoms. The molecule has 0 saturated heterocycles. The van der Waals surface area contributed by atoms with E-state index in [1.165, 1.54) is 37.3 Å². The van der Waals surface area contributed by atoms with Gasteiger partial charge < -0.3 is 26.0 Å². The summed E-state index contributed by atoms with van der Waals surface area (Å²) in [6.45, 7) is 2.26. The van der Waals surface area contributed by atoms with Gasteiger partial charge in [-0.15, -0.1) is 0 Å². The van der Waals surface area contributed by atoms with Gasteiger partial charge in [0.25, 0.3) is 5.91 Å². The van der Waals surface area contributed by atoms with Crippen LogP contribution in [-0.4, -0.2) is 46.6 Å². The van der Waals surface area contributed by atoms with E-state index in [4.69, 9.17) is 20.9 Å². The molecule has 0 heterocycles. The lowest BCUT2D eigenvalue weighted by Gasteiger charge is -2.21. The average molecular weight is 487 g/mol. The first-order valence-corrected chi connectivity index (χ1v) is 12.4. The number of carbonyl (C=O) groups is 1. The fraction of sp³-hybridized carbons (Fsp3) is 0.333. The third kappa shape index (κ3) is 7.32. The van der Waals surface area contributed by atoms with Gasteiger partial charge in [0, 0.05) is 30.1 Å². The van der Waals surface area contributed by atoms with Crippen molar-refractivity contribution in [3.8, 4) is 17.2 Å². The molecule has 9 nitrogen and oxygen atoms in total. The summed E-state index contributed by atoms with van der Waals surface area (Å²) in [5, 5.41) is 9.32. The zero-order valence-corrected chi connectivity index (χ0v) is 20.0. The molecule has 1 saturated carbocycles. The zero-order chi connectivity index (χ0) is 24.7. The lowest BCUT2D eigenvalue weighted by molar-refractivity contribution is 0.100. The van der Waals surface area contributed by atoms with Crippen molar-refractivity contribution < 1.29 is 23.6 Å². The Morgan fingerprint density at radius 2 is 1.91 bits per heavy atom. The minimum atomic E-state index is -1.12. The molecular formula is C24H30N4O5S. The summed E-state index contributed by atoms with van der Waals surface area (Å²) in [6, 6.07) is 11.9. The topological polar surface area (TPSA) is 140 Å². The highest BCUT2D eigenvalue weighted by Gasteiger charge is 2.26. The van der Waals surface area contributed by atoms with Gasteiger partial charge >= 0.3 is 0 Å². The van der Waals surface area contributed by atoms with Crippen LogP contribution in [0.5, 0.6) is 17.2 Å². The SMILES string of the molecule is CC(CO)Oc1cc(Oc2ccc(N(CC3CC3)S(C)=O)cc2)cc(C(=O)N=C(N)/C=C\N)c1. The van der Waals surface area contributed by atoms with E-state index >= 15 is 0 Å². The van der Waals surface area contributed by atoms with Crippen molar-refractivity contribution in [3.05, 3.63) is 60.3 Å². The normalized spacial score (nSPS) is 15.7. The lowest BCUT2D eigenvalue weighted by Crippen LogP contribution is -2.27. The predicted molar refractivity (Wildman–Crippen MR) is 134 cm³/mol. The van der Waals surface area contributed by atoms with Crippen LogP contribution in [0, 0.1) is 5.92 Å². The Morgan fingerprint density at radius 1 is 1.24 bits per heavy atom. The molecule has 2 aromatic carbocycles. The van der Waals surface area contributed by atoms with E-state index in [0.29, 0.717) is 23.2 Å². The number of aliphatic imine (C=N–C) groups is 1. The third-order valence-corrected chi connectivity index (χ3v) is 5.99. The zero-order valence-electron chi connectivity index (χ0n) is 19.2. The lowest BCUT2D eigenvalue weighted by atomic mass is 10.2. The molecule has 2 atom stereocenters. The Labute approximate surface area is 201 Å². The molecule has 1 aliphatic carbocycles. The van der Waals surface area contributed by atoms with Crippen molar-refractivity contribution in [2.45, 2.75) is 25.9 Å². The Morgan fingerprint density at radius 3 is 2.50 bits per heavy atom. The van der Waals surface area contributed by atoms with Crippen LogP contribution in [0.1, 0.15) is 30.1 Å². The van der Waals surface area contributed by atoms with Gasteiger partial charge in [-0.3, -0.25) is 9.10 Å². The minimum absolute atomic E-state index is 0.0373. The number of rotatable bonds is 11. The highest BCUT2D eigenvalue weighted by Crippen LogP contribution is 2.33. The van der Waals surface area contributed by atoms with Crippen LogP contribution < -0.4 is 25.2 Å². The van der Waals surface area contributed by atoms with Crippen LogP contribution in [0.4, 0.5) is 5.69 Å². The molecule has 1 aliphatic rings. The molecule has 0 aliphatic heterocycles. The van der Waals surface area contributed by atoms with Crippen molar-refractivity contribution in [1.82, 2.24) is 0 Å². The van der Waals surface area contributed by atoms with Gasteiger partial charge in [0.2, 0.25) is 0 Å². The van der Waals surface area contributed by atoms with Crippen molar-refractivity contribution in [3.63, 3.8) is 0 Å². The molecule has 5 N–H and O–H groups in total. The maximum atomic E-state index is 12.6. The number of aliphatic hydroxyl groups is 1. The Hall–Kier alpha value is -3.37. The summed E-state index contributed by atoms with van der Waals surface area (Å²) in [4.78, 5) is 16.4. The standard InChI is InChI=1S/C24H30N4O5S/c1-16(15-29)32-21-11-18(24(30)27-23(26)9-10-25)12-22(13-21)33-20-7-5-19(6-8-20)28(34(2)31)14-17-3-4-17/h5-13,16-17,29H,3-4,14-15,25H2,1-2H3,(H2,26,27,30)/b10-9-. The van der Waals surface area contributed by atoms with Crippen LogP contribution in [-0.2, 0) is 11.0 Å². The van der Waals surface area contributed by atoms with Gasteiger partial charge in [-0.25, -0.2) is 4.21 Å². The van der Waals surface area contributed by atoms with Crippen molar-refractivity contribution in [2.24, 2.45) is 22.4 Å². The fourth-order valence-electron chi connectivity index (χ4n) is 3.12. The highest BCUT2D eigenvalue weighted by molar-refractivity contribution is 7.85. The molecule has 2 aromatic rings. The number of nitrogens with two attached hydrogens (primary N) is 2. The molecule has 2 unspecified atom stereocenters. The molecule has 0 radical (unpaired) electrons. The van der Waals surface area contributed by atoms with Crippen molar-refractivity contribution >= 4 is 28.4 Å². The van der Waals surface area contributed by atoms with Crippen molar-refractivity contribution in [2.75, 3.05) is 23.7 Å². The van der Waals surface area contributed by atoms with E-state index < -0.39 is 23.0 Å². The van der Waals surface area contributed by atoms with Crippen LogP contribution in [0.15, 0.2) is 59.7 Å². The summed E-state index contributed by atoms with van der Waals surface area (Å²) < 4.78 is 25.7. The van der Waals surface area contributed by atoms with E-state index in [0.717, 1.165) is 12.2 Å². The maximum Gasteiger partial charge on any atom is 0.279 e. The van der Waals surface area contributed by atoms with E-state index in [1.54, 1.807) is 31.4 Å². The third-order valence-electron chi connectivity index (χ3n) is 5.01. The number of carbonyl (C=O) groups excluding carboxylic acids is 1. The van der Waals surface area contributed by atoms with Gasteiger partial charge in [-0.2, -0.15) is 4.99 Å². The van der Waals surface area contributed by atoms with Crippen LogP contribution in [0.25, 0.3) is 0 Å². The number of ether oxygens (including phenoxy) is 2. The van der Waals surface area contributed by atoms with E-state index in [1.807, 2.05) is 16.4 Å². The summed E-state index contributed by atoms with van der Waals surface area (Å²) in [5.41, 5.74) is 12.0. The molecule has 10 heteroatoms. The predicted octanol–water partition coefficient (Wildman–Crippen LogP) is 2.72. The number of hydrogen-bond donors (Lipinski definition) is 3. The van der Waals surface area contributed by atoms with Crippen LogP contribution >= 0.6 is 0 Å². The van der Waals surface area contributed by atoms with Gasteiger partial charge in [0.15, 0.2) is 0 Å². The van der Waals surface area contributed by atoms with E-state index in [-0.39, 0.29) is 18.0 Å². The average Bonchev–Trinajstić information content (AvgIpc) is 3.62. The molecule has 182 valence electrons. The quantitative estimate of drug-likeness (QED) is 0.328. The largest absolute Gasteiger partial charge is 0.488 e. The number of anilines is 1. The van der Waals surface area contributed by atoms with Crippen LogP contribution in [0.2, 0.25) is 0 Å². The number of amides is 1. The second-order valence-electron chi connectivity index (χ2n) is 8.03. The summed E-state index contributed by atoms with van der Waals surface area (Å²) in [7, 11) is -1.12. The molecule has 34 heavy (non-hydrogen) atoms. The van der Waals surface area contributed by atoms with Gasteiger partial charge in [0.05, 0.1) is 6.61 Å². The molecule has 1 amide bonds. The summed E-state index contributed by atoms with van der Waals surface area (Å²) in [6.07, 6.45) is 6.01. The smallest absolute Gasteiger partial charge is 0.279 e. The van der Waals surface area contributed by atoms with Crippen LogP contribution in [0.3, 0.4) is 0 Å². The molecular weight excluding hydrogens is 456 g/mol. The molecule has 0 aromatic heterocycles. The Bertz CT molecular complexity index is 1080. The van der Waals surface area contributed by atoms with E-state index in [9.17, 15) is 14.1 Å². The van der Waals surface area contributed by atoms with Gasteiger partial charge in [-0.1, -0.05) is 0 Å². The second kappa shape index (κ2) is 11.7. The summed E-state index contributed by atoms with van der Waals surface area (Å²) in [5.74, 6) is 1.16. The van der Waals surface area contributed by atoms with E-state index in [2.05, 4.69) is 4.99 Å². The Balaban J connectivity index is 1.84. The number of amidine groups is 1. The molecule has 3 rings (SSSR count). The molecule has 1 fully saturated rings. The highest BCUT2D eigenvalue weighted by atomic mass is 32.2. The number of nitrogens with zero attached hydrogens (tertiary/aromatic N) is 2. The van der Waals surface area contributed by atoms with Gasteiger partial charge in [0.1, 0.15) is 40.2 Å². The maximum absolute atomic E-state index is 12.6. The monoisotopic (exact) mass is 486 g/mol.